The fourth-order valence-corrected chi connectivity index (χ4v) is 6.17. The van der Waals surface area contributed by atoms with Gasteiger partial charge in [-0.05, 0) is 110 Å². The number of para-hydroxylation sites is 2. The highest BCUT2D eigenvalue weighted by Gasteiger charge is 2.30. The number of hydrogen-bond donors (Lipinski definition) is 1. The van der Waals surface area contributed by atoms with Crippen LogP contribution in [0.25, 0.3) is 6.08 Å². The summed E-state index contributed by atoms with van der Waals surface area (Å²) >= 11 is 6.06. The minimum atomic E-state index is -0.231. The SMILES string of the molecule is O=C(NCCCN1CCC(Cc2ccccc2)CC1)c1ccc(C=C2Oc3ccccc3N(Cc3ccc(Cl)cc3)C2=O)cc1. The van der Waals surface area contributed by atoms with Crippen molar-refractivity contribution in [3.63, 3.8) is 0 Å². The van der Waals surface area contributed by atoms with Crippen molar-refractivity contribution < 1.29 is 14.3 Å². The summed E-state index contributed by atoms with van der Waals surface area (Å²) < 4.78 is 6.03. The minimum absolute atomic E-state index is 0.0937. The summed E-state index contributed by atoms with van der Waals surface area (Å²) in [5.74, 6) is 1.28. The maximum absolute atomic E-state index is 13.5. The highest BCUT2D eigenvalue weighted by atomic mass is 35.5. The number of benzene rings is 4. The van der Waals surface area contributed by atoms with Gasteiger partial charge in [-0.15, -0.1) is 0 Å². The molecule has 4 aromatic carbocycles. The van der Waals surface area contributed by atoms with E-state index in [9.17, 15) is 9.59 Å². The van der Waals surface area contributed by atoms with Crippen molar-refractivity contribution in [2.24, 2.45) is 5.92 Å². The van der Waals surface area contributed by atoms with E-state index in [1.807, 2.05) is 60.7 Å². The summed E-state index contributed by atoms with van der Waals surface area (Å²) in [6.45, 7) is 4.27. The molecule has 0 radical (unpaired) electrons. The van der Waals surface area contributed by atoms with Gasteiger partial charge in [-0.25, -0.2) is 0 Å². The number of piperidine rings is 1. The zero-order valence-corrected chi connectivity index (χ0v) is 26.1. The molecule has 0 bridgehead atoms. The predicted octanol–water partition coefficient (Wildman–Crippen LogP) is 7.38. The summed E-state index contributed by atoms with van der Waals surface area (Å²) in [5.41, 5.74) is 4.47. The number of likely N-dealkylation sites (tertiary alicyclic amines) is 1. The molecular formula is C38H38ClN3O3. The summed E-state index contributed by atoms with van der Waals surface area (Å²) in [4.78, 5) is 30.6. The number of amides is 2. The Balaban J connectivity index is 0.993. The maximum atomic E-state index is 13.5. The van der Waals surface area contributed by atoms with E-state index in [0.717, 1.165) is 43.1 Å². The van der Waals surface area contributed by atoms with Crippen LogP contribution in [-0.2, 0) is 17.8 Å². The van der Waals surface area contributed by atoms with Gasteiger partial charge in [0.25, 0.3) is 11.8 Å². The molecule has 0 spiro atoms. The van der Waals surface area contributed by atoms with Gasteiger partial charge < -0.3 is 15.0 Å². The van der Waals surface area contributed by atoms with Crippen LogP contribution in [0.1, 0.15) is 46.3 Å². The van der Waals surface area contributed by atoms with Crippen LogP contribution in [0.4, 0.5) is 5.69 Å². The monoisotopic (exact) mass is 619 g/mol. The van der Waals surface area contributed by atoms with Gasteiger partial charge in [-0.1, -0.05) is 78.3 Å². The lowest BCUT2D eigenvalue weighted by Gasteiger charge is -2.32. The highest BCUT2D eigenvalue weighted by Crippen LogP contribution is 2.36. The first kappa shape index (κ1) is 30.6. The lowest BCUT2D eigenvalue weighted by atomic mass is 9.90. The second-order valence-electron chi connectivity index (χ2n) is 11.8. The van der Waals surface area contributed by atoms with E-state index >= 15 is 0 Å². The van der Waals surface area contributed by atoms with Gasteiger partial charge in [0, 0.05) is 17.1 Å². The molecular weight excluding hydrogens is 582 g/mol. The normalized spacial score (nSPS) is 16.3. The Morgan fingerprint density at radius 2 is 1.58 bits per heavy atom. The molecule has 6 nitrogen and oxygen atoms in total. The number of nitrogens with one attached hydrogen (secondary N) is 1. The third-order valence-electron chi connectivity index (χ3n) is 8.57. The molecule has 2 aliphatic rings. The fraction of sp³-hybridized carbons (Fsp3) is 0.263. The second kappa shape index (κ2) is 14.6. The first-order valence-electron chi connectivity index (χ1n) is 15.7. The van der Waals surface area contributed by atoms with Crippen LogP contribution in [0.2, 0.25) is 5.02 Å². The lowest BCUT2D eigenvalue weighted by Crippen LogP contribution is -2.36. The van der Waals surface area contributed by atoms with Crippen LogP contribution < -0.4 is 15.0 Å². The molecule has 2 aliphatic heterocycles. The molecule has 230 valence electrons. The van der Waals surface area contributed by atoms with Gasteiger partial charge in [0.15, 0.2) is 11.5 Å². The molecule has 2 amide bonds. The number of rotatable bonds is 10. The number of hydrogen-bond acceptors (Lipinski definition) is 4. The second-order valence-corrected chi connectivity index (χ2v) is 12.2. The molecule has 2 heterocycles. The Labute approximate surface area is 270 Å². The van der Waals surface area contributed by atoms with Crippen molar-refractivity contribution in [2.75, 3.05) is 31.1 Å². The van der Waals surface area contributed by atoms with Crippen LogP contribution in [0.3, 0.4) is 0 Å². The number of nitrogens with zero attached hydrogens (tertiary/aromatic N) is 2. The average Bonchev–Trinajstić information content (AvgIpc) is 3.07. The van der Waals surface area contributed by atoms with Gasteiger partial charge in [0.2, 0.25) is 0 Å². The molecule has 6 rings (SSSR count). The molecule has 45 heavy (non-hydrogen) atoms. The topological polar surface area (TPSA) is 61.9 Å². The van der Waals surface area contributed by atoms with Gasteiger partial charge >= 0.3 is 0 Å². The molecule has 0 unspecified atom stereocenters. The molecule has 0 aromatic heterocycles. The largest absolute Gasteiger partial charge is 0.449 e. The zero-order chi connectivity index (χ0) is 31.0. The molecule has 1 N–H and O–H groups in total. The quantitative estimate of drug-likeness (QED) is 0.149. The van der Waals surface area contributed by atoms with Crippen molar-refractivity contribution >= 4 is 35.2 Å². The van der Waals surface area contributed by atoms with E-state index in [2.05, 4.69) is 40.5 Å². The average molecular weight is 620 g/mol. The van der Waals surface area contributed by atoms with Crippen LogP contribution in [-0.4, -0.2) is 42.9 Å². The number of ether oxygens (including phenoxy) is 1. The Kier molecular flexibility index (Phi) is 9.93. The standard InChI is InChI=1S/C38H38ClN3O3/c39-33-17-13-31(14-18-33)27-42-34-9-4-5-10-35(34)45-36(38(42)44)26-29-11-15-32(16-12-29)37(43)40-21-6-22-41-23-19-30(20-24-41)25-28-7-2-1-3-8-28/h1-5,7-18,26,30H,6,19-25,27H2,(H,40,43). The summed E-state index contributed by atoms with van der Waals surface area (Å²) in [7, 11) is 0. The van der Waals surface area contributed by atoms with Crippen LogP contribution >= 0.6 is 11.6 Å². The van der Waals surface area contributed by atoms with Gasteiger partial charge in [0.1, 0.15) is 0 Å². The van der Waals surface area contributed by atoms with Crippen molar-refractivity contribution in [3.05, 3.63) is 136 Å². The summed E-state index contributed by atoms with van der Waals surface area (Å²) in [6, 6.07) is 33.0. The maximum Gasteiger partial charge on any atom is 0.294 e. The fourth-order valence-electron chi connectivity index (χ4n) is 6.04. The molecule has 0 atom stereocenters. The summed E-state index contributed by atoms with van der Waals surface area (Å²) in [6.07, 6.45) is 6.27. The van der Waals surface area contributed by atoms with Crippen LogP contribution in [0.15, 0.2) is 109 Å². The number of carbonyl (C=O) groups excluding carboxylic acids is 2. The molecule has 4 aromatic rings. The molecule has 0 saturated carbocycles. The van der Waals surface area contributed by atoms with E-state index in [0.29, 0.717) is 35.1 Å². The third kappa shape index (κ3) is 8.01. The molecule has 1 fully saturated rings. The van der Waals surface area contributed by atoms with Gasteiger partial charge in [0.05, 0.1) is 12.2 Å². The van der Waals surface area contributed by atoms with Gasteiger partial charge in [-0.3, -0.25) is 14.5 Å². The van der Waals surface area contributed by atoms with Crippen LogP contribution in [0.5, 0.6) is 5.75 Å². The van der Waals surface area contributed by atoms with E-state index in [1.165, 1.54) is 24.8 Å². The van der Waals surface area contributed by atoms with Crippen LogP contribution in [0, 0.1) is 5.92 Å². The van der Waals surface area contributed by atoms with E-state index in [4.69, 9.17) is 16.3 Å². The Hall–Kier alpha value is -4.39. The van der Waals surface area contributed by atoms with Gasteiger partial charge in [-0.2, -0.15) is 0 Å². The Morgan fingerprint density at radius 3 is 2.33 bits per heavy atom. The number of anilines is 1. The third-order valence-corrected chi connectivity index (χ3v) is 8.82. The van der Waals surface area contributed by atoms with E-state index in [-0.39, 0.29) is 17.6 Å². The number of carbonyl (C=O) groups is 2. The number of fused-ring (bicyclic) bond motifs is 1. The summed E-state index contributed by atoms with van der Waals surface area (Å²) in [5, 5.41) is 3.71. The van der Waals surface area contributed by atoms with E-state index < -0.39 is 0 Å². The zero-order valence-electron chi connectivity index (χ0n) is 25.3. The molecule has 0 aliphatic carbocycles. The van der Waals surface area contributed by atoms with Crippen molar-refractivity contribution in [2.45, 2.75) is 32.2 Å². The number of halogens is 1. The van der Waals surface area contributed by atoms with Crippen molar-refractivity contribution in [1.82, 2.24) is 10.2 Å². The Morgan fingerprint density at radius 1 is 0.867 bits per heavy atom. The lowest BCUT2D eigenvalue weighted by molar-refractivity contribution is -0.117. The predicted molar refractivity (Wildman–Crippen MR) is 180 cm³/mol. The first-order valence-corrected chi connectivity index (χ1v) is 16.1. The minimum Gasteiger partial charge on any atom is -0.449 e. The van der Waals surface area contributed by atoms with E-state index in [1.54, 1.807) is 23.1 Å². The van der Waals surface area contributed by atoms with Crippen molar-refractivity contribution in [1.29, 1.82) is 0 Å². The van der Waals surface area contributed by atoms with Crippen molar-refractivity contribution in [3.8, 4) is 5.75 Å². The highest BCUT2D eigenvalue weighted by molar-refractivity contribution is 6.30. The molecule has 7 heteroatoms. The smallest absolute Gasteiger partial charge is 0.294 e. The molecule has 1 saturated heterocycles. The first-order chi connectivity index (χ1) is 22.0. The Bertz CT molecular complexity index is 1630.